The molecule has 65 heavy (non-hydrogen) atoms. The van der Waals surface area contributed by atoms with Crippen molar-refractivity contribution in [1.82, 2.24) is 35.1 Å². The minimum Gasteiger partial charge on any atom is -0.453 e. The number of alkyl carbamates (subject to hydrolysis) is 1. The van der Waals surface area contributed by atoms with Crippen LogP contribution in [0.4, 0.5) is 4.79 Å². The molecule has 0 bridgehead atoms. The van der Waals surface area contributed by atoms with Crippen molar-refractivity contribution in [2.75, 3.05) is 20.2 Å². The predicted molar refractivity (Wildman–Crippen MR) is 258 cm³/mol. The summed E-state index contributed by atoms with van der Waals surface area (Å²) in [6.45, 7) is 18.3. The standard InChI is InChI=1S/C54H67N7O4/c1-32(2)34(5)51(62)60-28-10-12-45(60)49-55-30-43(57-49)37-18-14-35(15-19-37)41-26-27-42(47(41)39-22-24-40(25-23-39)54(6,7)8)36-16-20-38(21-17-36)44-31-56-50(58-44)46-13-11-29-61(46)52(63)48(33(3)4)59-53(64)65-9/h14-25,30-34,41,45-46,48H,10-13,26-29H2,1-9H3,(H,55,57)(H,56,58)(H,59,64)/t34-,41?,45?,46?,48-/m0/s1. The first-order chi connectivity index (χ1) is 31.1. The average Bonchev–Trinajstić information content (AvgIpc) is 4.16. The molecule has 2 aromatic heterocycles. The molecule has 0 saturated carbocycles. The predicted octanol–water partition coefficient (Wildman–Crippen LogP) is 11.3. The summed E-state index contributed by atoms with van der Waals surface area (Å²) in [6, 6.07) is 26.0. The van der Waals surface area contributed by atoms with Crippen LogP contribution in [-0.4, -0.2) is 73.9 Å². The zero-order valence-corrected chi connectivity index (χ0v) is 39.7. The molecular weight excluding hydrogens is 811 g/mol. The van der Waals surface area contributed by atoms with Crippen LogP contribution in [0, 0.1) is 17.8 Å². The molecule has 2 fully saturated rings. The number of benzene rings is 3. The van der Waals surface area contributed by atoms with Crippen molar-refractivity contribution < 1.29 is 19.1 Å². The van der Waals surface area contributed by atoms with Gasteiger partial charge in [0, 0.05) is 24.9 Å². The highest BCUT2D eigenvalue weighted by Gasteiger charge is 2.38. The van der Waals surface area contributed by atoms with E-state index >= 15 is 0 Å². The molecule has 1 aliphatic carbocycles. The van der Waals surface area contributed by atoms with E-state index in [1.807, 2.05) is 43.0 Å². The Bertz CT molecular complexity index is 2510. The number of hydrogen-bond acceptors (Lipinski definition) is 6. The van der Waals surface area contributed by atoms with Gasteiger partial charge in [0.1, 0.15) is 17.7 Å². The van der Waals surface area contributed by atoms with E-state index in [1.54, 1.807) is 0 Å². The van der Waals surface area contributed by atoms with Crippen LogP contribution in [0.3, 0.4) is 0 Å². The Labute approximate surface area is 384 Å². The topological polar surface area (TPSA) is 136 Å². The number of carbonyl (C=O) groups excluding carboxylic acids is 3. The second-order valence-corrected chi connectivity index (χ2v) is 20.1. The molecule has 3 unspecified atom stereocenters. The third kappa shape index (κ3) is 9.42. The molecule has 4 heterocycles. The number of likely N-dealkylation sites (tertiary alicyclic amines) is 2. The van der Waals surface area contributed by atoms with Crippen molar-refractivity contribution >= 4 is 29.1 Å². The first-order valence-electron chi connectivity index (χ1n) is 23.7. The fourth-order valence-corrected chi connectivity index (χ4v) is 10.0. The number of carbonyl (C=O) groups is 3. The number of nitrogens with zero attached hydrogens (tertiary/aromatic N) is 4. The van der Waals surface area contributed by atoms with Gasteiger partial charge in [-0.25, -0.2) is 14.8 Å². The zero-order valence-electron chi connectivity index (χ0n) is 39.7. The van der Waals surface area contributed by atoms with Gasteiger partial charge in [-0.1, -0.05) is 128 Å². The third-order valence-corrected chi connectivity index (χ3v) is 14.3. The third-order valence-electron chi connectivity index (χ3n) is 14.3. The second-order valence-electron chi connectivity index (χ2n) is 20.1. The quantitative estimate of drug-likeness (QED) is 0.114. The van der Waals surface area contributed by atoms with Gasteiger partial charge < -0.3 is 29.8 Å². The molecule has 11 heteroatoms. The number of imidazole rings is 2. The van der Waals surface area contributed by atoms with E-state index in [-0.39, 0.29) is 47.1 Å². The molecule has 0 spiro atoms. The number of nitrogens with one attached hydrogen (secondary N) is 3. The summed E-state index contributed by atoms with van der Waals surface area (Å²) in [4.78, 5) is 59.8. The van der Waals surface area contributed by atoms with E-state index in [1.165, 1.54) is 40.5 Å². The number of methoxy groups -OCH3 is 1. The van der Waals surface area contributed by atoms with E-state index in [0.717, 1.165) is 79.2 Å². The lowest BCUT2D eigenvalue weighted by atomic mass is 9.83. The number of allylic oxidation sites excluding steroid dienone is 2. The van der Waals surface area contributed by atoms with Gasteiger partial charge in [-0.3, -0.25) is 9.59 Å². The van der Waals surface area contributed by atoms with Gasteiger partial charge in [0.2, 0.25) is 11.8 Å². The highest BCUT2D eigenvalue weighted by molar-refractivity contribution is 5.96. The maximum Gasteiger partial charge on any atom is 0.407 e. The Balaban J connectivity index is 1.04. The van der Waals surface area contributed by atoms with Crippen LogP contribution in [0.5, 0.6) is 0 Å². The van der Waals surface area contributed by atoms with Gasteiger partial charge in [-0.05, 0) is 100 Å². The monoisotopic (exact) mass is 878 g/mol. The smallest absolute Gasteiger partial charge is 0.407 e. The maximum absolute atomic E-state index is 13.7. The molecule has 0 radical (unpaired) electrons. The van der Waals surface area contributed by atoms with E-state index in [2.05, 4.69) is 123 Å². The fraction of sp³-hybridized carbons (Fsp3) is 0.463. The number of ether oxygens (including phenoxy) is 1. The lowest BCUT2D eigenvalue weighted by Crippen LogP contribution is -2.51. The van der Waals surface area contributed by atoms with Crippen LogP contribution in [-0.2, 0) is 19.7 Å². The normalized spacial score (nSPS) is 20.0. The van der Waals surface area contributed by atoms with E-state index in [0.29, 0.717) is 12.5 Å². The summed E-state index contributed by atoms with van der Waals surface area (Å²) in [5, 5.41) is 2.73. The Morgan fingerprint density at radius 1 is 0.677 bits per heavy atom. The minimum absolute atomic E-state index is 0.0148. The summed E-state index contributed by atoms with van der Waals surface area (Å²) in [5.41, 5.74) is 11.8. The number of hydrogen-bond donors (Lipinski definition) is 3. The molecular formula is C54H67N7O4. The van der Waals surface area contributed by atoms with E-state index in [4.69, 9.17) is 14.7 Å². The molecule has 5 atom stereocenters. The van der Waals surface area contributed by atoms with Crippen molar-refractivity contribution in [3.63, 3.8) is 0 Å². The highest BCUT2D eigenvalue weighted by Crippen LogP contribution is 2.49. The van der Waals surface area contributed by atoms with Crippen LogP contribution < -0.4 is 5.32 Å². The molecule has 3 aliphatic rings. The molecule has 3 amide bonds. The Morgan fingerprint density at radius 2 is 1.18 bits per heavy atom. The summed E-state index contributed by atoms with van der Waals surface area (Å²) >= 11 is 0. The van der Waals surface area contributed by atoms with Crippen molar-refractivity contribution in [2.45, 2.75) is 123 Å². The molecule has 5 aromatic rings. The highest BCUT2D eigenvalue weighted by atomic mass is 16.5. The number of aromatic amines is 2. The molecule has 3 N–H and O–H groups in total. The van der Waals surface area contributed by atoms with Crippen molar-refractivity contribution in [3.05, 3.63) is 119 Å². The van der Waals surface area contributed by atoms with Crippen molar-refractivity contribution in [3.8, 4) is 22.5 Å². The Hall–Kier alpha value is -5.97. The summed E-state index contributed by atoms with van der Waals surface area (Å²) < 4.78 is 4.81. The SMILES string of the molecule is COC(=O)N[C@H](C(=O)N1CCCC1c1ncc(-c2ccc(C3=C(c4ccc(C(C)(C)C)cc4)C(c4ccc(-c5cnc(C6CCCN6C(=O)[C@@H](C)C(C)C)[nH]5)cc4)CC3)cc2)[nH]1)C(C)C. The number of amides is 3. The second kappa shape index (κ2) is 18.9. The first kappa shape index (κ1) is 45.6. The summed E-state index contributed by atoms with van der Waals surface area (Å²) in [5.74, 6) is 2.12. The lowest BCUT2D eigenvalue weighted by molar-refractivity contribution is -0.137. The van der Waals surface area contributed by atoms with Gasteiger partial charge in [0.15, 0.2) is 0 Å². The van der Waals surface area contributed by atoms with Gasteiger partial charge in [-0.15, -0.1) is 0 Å². The van der Waals surface area contributed by atoms with Crippen LogP contribution >= 0.6 is 0 Å². The largest absolute Gasteiger partial charge is 0.453 e. The van der Waals surface area contributed by atoms with Crippen molar-refractivity contribution in [2.24, 2.45) is 17.8 Å². The van der Waals surface area contributed by atoms with Gasteiger partial charge in [0.25, 0.3) is 0 Å². The molecule has 3 aromatic carbocycles. The first-order valence-corrected chi connectivity index (χ1v) is 23.7. The van der Waals surface area contributed by atoms with Gasteiger partial charge in [-0.2, -0.15) is 0 Å². The lowest BCUT2D eigenvalue weighted by Gasteiger charge is -2.30. The molecule has 2 saturated heterocycles. The Morgan fingerprint density at radius 3 is 1.69 bits per heavy atom. The zero-order chi connectivity index (χ0) is 46.2. The molecule has 2 aliphatic heterocycles. The molecule has 342 valence electrons. The van der Waals surface area contributed by atoms with Crippen LogP contribution in [0.25, 0.3) is 33.7 Å². The number of rotatable bonds is 12. The van der Waals surface area contributed by atoms with E-state index < -0.39 is 12.1 Å². The number of aromatic nitrogens is 4. The fourth-order valence-electron chi connectivity index (χ4n) is 10.0. The van der Waals surface area contributed by atoms with Gasteiger partial charge in [0.05, 0.1) is 43.0 Å². The molecule has 11 nitrogen and oxygen atoms in total. The number of H-pyrrole nitrogens is 2. The van der Waals surface area contributed by atoms with Crippen LogP contribution in [0.15, 0.2) is 85.2 Å². The van der Waals surface area contributed by atoms with E-state index in [9.17, 15) is 14.4 Å². The van der Waals surface area contributed by atoms with Gasteiger partial charge >= 0.3 is 6.09 Å². The average molecular weight is 878 g/mol. The molecule has 8 rings (SSSR count). The van der Waals surface area contributed by atoms with Crippen molar-refractivity contribution in [1.29, 1.82) is 0 Å². The summed E-state index contributed by atoms with van der Waals surface area (Å²) in [6.07, 6.45) is 8.70. The Kier molecular flexibility index (Phi) is 13.2. The van der Waals surface area contributed by atoms with Crippen LogP contribution in [0.2, 0.25) is 0 Å². The maximum atomic E-state index is 13.7. The van der Waals surface area contributed by atoms with Crippen LogP contribution in [0.1, 0.15) is 146 Å². The minimum atomic E-state index is -0.683. The summed E-state index contributed by atoms with van der Waals surface area (Å²) in [7, 11) is 1.31.